The fourth-order valence-electron chi connectivity index (χ4n) is 2.50. The van der Waals surface area contributed by atoms with E-state index in [0.29, 0.717) is 0 Å². The summed E-state index contributed by atoms with van der Waals surface area (Å²) in [5.41, 5.74) is 1.20. The number of halogens is 1. The molecule has 1 aromatic heterocycles. The molecule has 6 nitrogen and oxygen atoms in total. The Bertz CT molecular complexity index is 664. The van der Waals surface area contributed by atoms with Gasteiger partial charge in [0.05, 0.1) is 0 Å². The number of benzene rings is 1. The Morgan fingerprint density at radius 2 is 2.04 bits per heavy atom. The van der Waals surface area contributed by atoms with E-state index in [1.807, 2.05) is 31.3 Å². The lowest BCUT2D eigenvalue weighted by Gasteiger charge is -2.23. The molecule has 136 valence electrons. The maximum Gasteiger partial charge on any atom is 0.194 e. The normalized spacial score (nSPS) is 11.6. The first-order chi connectivity index (χ1) is 12.1. The molecule has 0 saturated carbocycles. The molecular formula is C18H27ClN6. The van der Waals surface area contributed by atoms with Crippen LogP contribution in [-0.4, -0.2) is 45.8 Å². The van der Waals surface area contributed by atoms with Crippen molar-refractivity contribution in [1.29, 1.82) is 0 Å². The van der Waals surface area contributed by atoms with E-state index < -0.39 is 0 Å². The highest BCUT2D eigenvalue weighted by molar-refractivity contribution is 6.30. The van der Waals surface area contributed by atoms with Crippen LogP contribution in [0.1, 0.15) is 31.7 Å². The van der Waals surface area contributed by atoms with E-state index in [0.717, 1.165) is 55.8 Å². The topological polar surface area (TPSA) is 58.3 Å². The highest BCUT2D eigenvalue weighted by atomic mass is 35.5. The van der Waals surface area contributed by atoms with E-state index in [4.69, 9.17) is 11.6 Å². The molecule has 0 fully saturated rings. The second kappa shape index (κ2) is 10.0. The molecule has 1 heterocycles. The van der Waals surface area contributed by atoms with Crippen LogP contribution in [0.2, 0.25) is 5.02 Å². The van der Waals surface area contributed by atoms with Crippen LogP contribution in [0.5, 0.6) is 0 Å². The van der Waals surface area contributed by atoms with Crippen LogP contribution in [-0.2, 0) is 19.5 Å². The van der Waals surface area contributed by atoms with E-state index in [-0.39, 0.29) is 0 Å². The monoisotopic (exact) mass is 362 g/mol. The maximum atomic E-state index is 5.96. The van der Waals surface area contributed by atoms with Gasteiger partial charge in [0, 0.05) is 44.7 Å². The van der Waals surface area contributed by atoms with Gasteiger partial charge in [0.15, 0.2) is 5.96 Å². The van der Waals surface area contributed by atoms with Gasteiger partial charge in [-0.25, -0.2) is 0 Å². The van der Waals surface area contributed by atoms with Gasteiger partial charge in [0.1, 0.15) is 12.2 Å². The van der Waals surface area contributed by atoms with Gasteiger partial charge in [-0.15, -0.1) is 10.2 Å². The molecule has 0 atom stereocenters. The van der Waals surface area contributed by atoms with Gasteiger partial charge in [0.2, 0.25) is 0 Å². The van der Waals surface area contributed by atoms with Gasteiger partial charge in [-0.05, 0) is 24.1 Å². The molecule has 0 unspecified atom stereocenters. The average molecular weight is 363 g/mol. The average Bonchev–Trinajstić information content (AvgIpc) is 3.07. The van der Waals surface area contributed by atoms with Crippen molar-refractivity contribution >= 4 is 17.6 Å². The second-order valence-electron chi connectivity index (χ2n) is 5.91. The third-order valence-electron chi connectivity index (χ3n) is 3.83. The van der Waals surface area contributed by atoms with E-state index in [9.17, 15) is 0 Å². The summed E-state index contributed by atoms with van der Waals surface area (Å²) in [6.07, 6.45) is 3.68. The highest BCUT2D eigenvalue weighted by Gasteiger charge is 2.08. The van der Waals surface area contributed by atoms with E-state index in [1.165, 1.54) is 5.56 Å². The van der Waals surface area contributed by atoms with E-state index in [2.05, 4.69) is 43.8 Å². The lowest BCUT2D eigenvalue weighted by molar-refractivity contribution is 0.470. The van der Waals surface area contributed by atoms with Crippen molar-refractivity contribution in [3.05, 3.63) is 47.0 Å². The predicted molar refractivity (Wildman–Crippen MR) is 103 cm³/mol. The smallest absolute Gasteiger partial charge is 0.194 e. The molecule has 0 radical (unpaired) electrons. The summed E-state index contributed by atoms with van der Waals surface area (Å²) >= 11 is 5.96. The molecule has 0 spiro atoms. The zero-order chi connectivity index (χ0) is 18.1. The quantitative estimate of drug-likeness (QED) is 0.579. The van der Waals surface area contributed by atoms with Crippen LogP contribution in [0, 0.1) is 0 Å². The zero-order valence-electron chi connectivity index (χ0n) is 15.2. The van der Waals surface area contributed by atoms with E-state index in [1.54, 1.807) is 6.33 Å². The maximum absolute atomic E-state index is 5.96. The molecule has 0 bridgehead atoms. The molecule has 0 saturated heterocycles. The lowest BCUT2D eigenvalue weighted by atomic mass is 10.2. The first kappa shape index (κ1) is 19.2. The minimum atomic E-state index is 0.755. The summed E-state index contributed by atoms with van der Waals surface area (Å²) in [6, 6.07) is 7.92. The number of aliphatic imine (C=N–C) groups is 1. The Balaban J connectivity index is 1.94. The van der Waals surface area contributed by atoms with Crippen LogP contribution in [0.25, 0.3) is 0 Å². The van der Waals surface area contributed by atoms with Crippen molar-refractivity contribution in [3.8, 4) is 0 Å². The Morgan fingerprint density at radius 1 is 1.28 bits per heavy atom. The Hall–Kier alpha value is -2.08. The number of nitrogens with one attached hydrogen (secondary N) is 1. The zero-order valence-corrected chi connectivity index (χ0v) is 16.0. The van der Waals surface area contributed by atoms with Crippen molar-refractivity contribution < 1.29 is 0 Å². The number of hydrogen-bond acceptors (Lipinski definition) is 3. The van der Waals surface area contributed by atoms with Gasteiger partial charge in [-0.1, -0.05) is 37.6 Å². The first-order valence-electron chi connectivity index (χ1n) is 8.74. The van der Waals surface area contributed by atoms with Crippen molar-refractivity contribution in [2.45, 2.75) is 39.8 Å². The Labute approximate surface area is 154 Å². The Kier molecular flexibility index (Phi) is 7.73. The van der Waals surface area contributed by atoms with Crippen molar-refractivity contribution in [3.63, 3.8) is 0 Å². The number of nitrogens with zero attached hydrogens (tertiary/aromatic N) is 5. The van der Waals surface area contributed by atoms with Gasteiger partial charge in [-0.3, -0.25) is 4.99 Å². The summed E-state index contributed by atoms with van der Waals surface area (Å²) in [7, 11) is 2.05. The molecule has 0 aliphatic rings. The minimum Gasteiger partial charge on any atom is -0.354 e. The molecule has 2 aromatic rings. The number of guanidine groups is 1. The first-order valence-corrected chi connectivity index (χ1v) is 9.12. The molecule has 0 aliphatic heterocycles. The number of aromatic nitrogens is 3. The summed E-state index contributed by atoms with van der Waals surface area (Å²) < 4.78 is 2.07. The third-order valence-corrected chi connectivity index (χ3v) is 4.08. The van der Waals surface area contributed by atoms with Gasteiger partial charge in [0.25, 0.3) is 0 Å². The SMILES string of the molecule is CCCN=C(NCCn1cnnc1CC)N(C)Cc1ccc(Cl)cc1. The highest BCUT2D eigenvalue weighted by Crippen LogP contribution is 2.11. The summed E-state index contributed by atoms with van der Waals surface area (Å²) in [6.45, 7) is 7.39. The Morgan fingerprint density at radius 3 is 2.72 bits per heavy atom. The standard InChI is InChI=1S/C18H27ClN6/c1-4-10-20-18(21-11-12-25-14-22-23-17(25)5-2)24(3)13-15-6-8-16(19)9-7-15/h6-9,14H,4-5,10-13H2,1-3H3,(H,20,21). The van der Waals surface area contributed by atoms with Crippen molar-refractivity contribution in [2.24, 2.45) is 4.99 Å². The van der Waals surface area contributed by atoms with Gasteiger partial charge < -0.3 is 14.8 Å². The van der Waals surface area contributed by atoms with Crippen LogP contribution in [0.15, 0.2) is 35.6 Å². The predicted octanol–water partition coefficient (Wildman–Crippen LogP) is 2.98. The molecule has 25 heavy (non-hydrogen) atoms. The van der Waals surface area contributed by atoms with Crippen LogP contribution in [0.4, 0.5) is 0 Å². The molecule has 0 aliphatic carbocycles. The lowest BCUT2D eigenvalue weighted by Crippen LogP contribution is -2.40. The van der Waals surface area contributed by atoms with Gasteiger partial charge >= 0.3 is 0 Å². The van der Waals surface area contributed by atoms with Crippen LogP contribution >= 0.6 is 11.6 Å². The fraction of sp³-hybridized carbons (Fsp3) is 0.500. The summed E-state index contributed by atoms with van der Waals surface area (Å²) in [4.78, 5) is 6.81. The van der Waals surface area contributed by atoms with Crippen molar-refractivity contribution in [2.75, 3.05) is 20.1 Å². The molecule has 1 N–H and O–H groups in total. The number of aryl methyl sites for hydroxylation is 1. The molecule has 7 heteroatoms. The minimum absolute atomic E-state index is 0.755. The molecule has 2 rings (SSSR count). The number of hydrogen-bond donors (Lipinski definition) is 1. The molecule has 0 amide bonds. The van der Waals surface area contributed by atoms with Gasteiger partial charge in [-0.2, -0.15) is 0 Å². The van der Waals surface area contributed by atoms with Crippen LogP contribution < -0.4 is 5.32 Å². The van der Waals surface area contributed by atoms with Crippen LogP contribution in [0.3, 0.4) is 0 Å². The third kappa shape index (κ3) is 6.05. The van der Waals surface area contributed by atoms with Crippen molar-refractivity contribution in [1.82, 2.24) is 25.0 Å². The van der Waals surface area contributed by atoms with E-state index >= 15 is 0 Å². The summed E-state index contributed by atoms with van der Waals surface area (Å²) in [5.74, 6) is 1.91. The second-order valence-corrected chi connectivity index (χ2v) is 6.35. The molecule has 1 aromatic carbocycles. The fourth-order valence-corrected chi connectivity index (χ4v) is 2.62. The molecular weight excluding hydrogens is 336 g/mol. The number of rotatable bonds is 8. The summed E-state index contributed by atoms with van der Waals surface area (Å²) in [5, 5.41) is 12.3. The largest absolute Gasteiger partial charge is 0.354 e.